The van der Waals surface area contributed by atoms with Crippen molar-refractivity contribution in [3.8, 4) is 5.75 Å². The van der Waals surface area contributed by atoms with Gasteiger partial charge in [-0.2, -0.15) is 0 Å². The molecular weight excluding hydrogens is 576 g/mol. The zero-order valence-electron chi connectivity index (χ0n) is 25.8. The van der Waals surface area contributed by atoms with Crippen LogP contribution in [-0.4, -0.2) is 79.6 Å². The molecule has 0 saturated carbocycles. The third kappa shape index (κ3) is 7.11. The number of ether oxygens (including phenoxy) is 1. The maximum absolute atomic E-state index is 14.1. The number of hydrogen-bond acceptors (Lipinski definition) is 5. The second-order valence-corrected chi connectivity index (χ2v) is 11.8. The van der Waals surface area contributed by atoms with Gasteiger partial charge in [-0.1, -0.05) is 54.9 Å². The van der Waals surface area contributed by atoms with Crippen LogP contribution in [0.15, 0.2) is 72.9 Å². The summed E-state index contributed by atoms with van der Waals surface area (Å²) in [5.74, 6) is -0.0577. The summed E-state index contributed by atoms with van der Waals surface area (Å²) in [4.78, 5) is 37.2. The Labute approximate surface area is 264 Å². The fourth-order valence-electron chi connectivity index (χ4n) is 5.78. The van der Waals surface area contributed by atoms with Gasteiger partial charge in [0.25, 0.3) is 0 Å². The van der Waals surface area contributed by atoms with E-state index < -0.39 is 6.04 Å². The number of fused-ring (bicyclic) bond motifs is 1. The highest BCUT2D eigenvalue weighted by Gasteiger charge is 2.33. The lowest BCUT2D eigenvalue weighted by atomic mass is 9.92. The zero-order valence-corrected chi connectivity index (χ0v) is 26.5. The van der Waals surface area contributed by atoms with E-state index in [-0.39, 0.29) is 17.9 Å². The highest BCUT2D eigenvalue weighted by atomic mass is 35.5. The van der Waals surface area contributed by atoms with Crippen molar-refractivity contribution in [3.05, 3.63) is 89.1 Å². The number of nitrogens with one attached hydrogen (secondary N) is 3. The third-order valence-electron chi connectivity index (χ3n) is 8.03. The van der Waals surface area contributed by atoms with E-state index in [1.54, 1.807) is 4.90 Å². The minimum absolute atomic E-state index is 0.276. The Bertz CT molecular complexity index is 1600. The second-order valence-electron chi connectivity index (χ2n) is 11.4. The molecule has 2 heterocycles. The van der Waals surface area contributed by atoms with E-state index in [0.717, 1.165) is 27.7 Å². The average Bonchev–Trinajstić information content (AvgIpc) is 3.45. The number of anilines is 2. The number of amides is 3. The van der Waals surface area contributed by atoms with Crippen molar-refractivity contribution in [1.82, 2.24) is 20.1 Å². The van der Waals surface area contributed by atoms with E-state index in [0.29, 0.717) is 55.8 Å². The number of hydrogen-bond donors (Lipinski definition) is 3. The first-order valence-electron chi connectivity index (χ1n) is 15.1. The van der Waals surface area contributed by atoms with Gasteiger partial charge in [-0.3, -0.25) is 4.79 Å². The SMILES string of the molecule is CCOc1ccc(CN(C)C)cc1NC(=O)C(NC(=O)N1CCN(c2ccccc2Cl)CC1)C(C)c1c[nH]c2ccccc12. The lowest BCUT2D eigenvalue weighted by Gasteiger charge is -2.37. The number of para-hydroxylation sites is 2. The predicted octanol–water partition coefficient (Wildman–Crippen LogP) is 5.92. The van der Waals surface area contributed by atoms with Crippen LogP contribution in [0.5, 0.6) is 5.75 Å². The molecular formula is C34H41ClN6O3. The minimum atomic E-state index is -0.852. The molecule has 0 aliphatic carbocycles. The standard InChI is InChI=1S/C34H41ClN6O3/c1-5-44-31-15-14-24(22-39(3)4)20-29(31)37-33(42)32(23(2)26-21-36-28-12-8-6-10-25(26)28)38-34(43)41-18-16-40(17-19-41)30-13-9-7-11-27(30)35/h6-15,20-21,23,32,36H,5,16-19,22H2,1-4H3,(H,37,42)(H,38,43). The quantitative estimate of drug-likeness (QED) is 0.206. The zero-order chi connectivity index (χ0) is 31.2. The van der Waals surface area contributed by atoms with E-state index >= 15 is 0 Å². The number of aromatic amines is 1. The average molecular weight is 617 g/mol. The van der Waals surface area contributed by atoms with E-state index in [9.17, 15) is 9.59 Å². The molecule has 4 aromatic rings. The Kier molecular flexibility index (Phi) is 9.97. The molecule has 2 atom stereocenters. The highest BCUT2D eigenvalue weighted by molar-refractivity contribution is 6.33. The topological polar surface area (TPSA) is 92.9 Å². The molecule has 3 N–H and O–H groups in total. The first kappa shape index (κ1) is 31.2. The highest BCUT2D eigenvalue weighted by Crippen LogP contribution is 2.31. The number of rotatable bonds is 10. The van der Waals surface area contributed by atoms with Gasteiger partial charge in [0.2, 0.25) is 5.91 Å². The molecule has 1 aromatic heterocycles. The van der Waals surface area contributed by atoms with Crippen molar-refractivity contribution in [2.24, 2.45) is 0 Å². The third-order valence-corrected chi connectivity index (χ3v) is 8.35. The van der Waals surface area contributed by atoms with Gasteiger partial charge < -0.3 is 35.1 Å². The largest absolute Gasteiger partial charge is 0.492 e. The number of carbonyl (C=O) groups excluding carboxylic acids is 2. The van der Waals surface area contributed by atoms with Gasteiger partial charge in [0, 0.05) is 55.7 Å². The summed E-state index contributed by atoms with van der Waals surface area (Å²) in [5, 5.41) is 7.89. The summed E-state index contributed by atoms with van der Waals surface area (Å²) in [6, 6.07) is 20.4. The van der Waals surface area contributed by atoms with E-state index in [2.05, 4.69) is 25.4 Å². The molecule has 0 radical (unpaired) electrons. The summed E-state index contributed by atoms with van der Waals surface area (Å²) in [6.07, 6.45) is 1.92. The molecule has 0 spiro atoms. The fraction of sp³-hybridized carbons (Fsp3) is 0.353. The van der Waals surface area contributed by atoms with Crippen LogP contribution in [0.25, 0.3) is 10.9 Å². The van der Waals surface area contributed by atoms with Crippen molar-refractivity contribution >= 4 is 45.8 Å². The molecule has 9 nitrogen and oxygen atoms in total. The van der Waals surface area contributed by atoms with E-state index in [4.69, 9.17) is 16.3 Å². The Hall–Kier alpha value is -4.21. The number of H-pyrrole nitrogens is 1. The van der Waals surface area contributed by atoms with Crippen molar-refractivity contribution < 1.29 is 14.3 Å². The molecule has 0 bridgehead atoms. The Morgan fingerprint density at radius 1 is 1.02 bits per heavy atom. The Morgan fingerprint density at radius 3 is 2.48 bits per heavy atom. The Morgan fingerprint density at radius 2 is 1.75 bits per heavy atom. The number of halogens is 1. The van der Waals surface area contributed by atoms with Crippen LogP contribution in [0.1, 0.15) is 30.9 Å². The normalized spacial score (nSPS) is 14.9. The van der Waals surface area contributed by atoms with Crippen LogP contribution >= 0.6 is 11.6 Å². The molecule has 1 fully saturated rings. The first-order chi connectivity index (χ1) is 21.2. The monoisotopic (exact) mass is 616 g/mol. The maximum Gasteiger partial charge on any atom is 0.318 e. The summed E-state index contributed by atoms with van der Waals surface area (Å²) in [7, 11) is 3.99. The summed E-state index contributed by atoms with van der Waals surface area (Å²) >= 11 is 6.42. The van der Waals surface area contributed by atoms with Crippen LogP contribution in [-0.2, 0) is 11.3 Å². The molecule has 232 valence electrons. The van der Waals surface area contributed by atoms with Gasteiger partial charge in [-0.25, -0.2) is 4.79 Å². The molecule has 1 aliphatic rings. The van der Waals surface area contributed by atoms with Gasteiger partial charge in [-0.15, -0.1) is 0 Å². The molecule has 5 rings (SSSR count). The molecule has 10 heteroatoms. The van der Waals surface area contributed by atoms with Gasteiger partial charge in [0.1, 0.15) is 11.8 Å². The molecule has 1 saturated heterocycles. The van der Waals surface area contributed by atoms with Crippen molar-refractivity contribution in [3.63, 3.8) is 0 Å². The van der Waals surface area contributed by atoms with Crippen LogP contribution in [0.3, 0.4) is 0 Å². The van der Waals surface area contributed by atoms with Crippen molar-refractivity contribution in [2.45, 2.75) is 32.4 Å². The smallest absolute Gasteiger partial charge is 0.318 e. The van der Waals surface area contributed by atoms with E-state index in [1.165, 1.54) is 0 Å². The number of piperazine rings is 1. The van der Waals surface area contributed by atoms with Gasteiger partial charge in [0.15, 0.2) is 0 Å². The molecule has 3 aromatic carbocycles. The molecule has 1 aliphatic heterocycles. The maximum atomic E-state index is 14.1. The Balaban J connectivity index is 1.38. The number of urea groups is 1. The summed E-state index contributed by atoms with van der Waals surface area (Å²) in [6.45, 7) is 7.35. The number of aromatic nitrogens is 1. The predicted molar refractivity (Wildman–Crippen MR) is 178 cm³/mol. The van der Waals surface area contributed by atoms with Gasteiger partial charge in [-0.05, 0) is 62.5 Å². The van der Waals surface area contributed by atoms with Gasteiger partial charge >= 0.3 is 6.03 Å². The lowest BCUT2D eigenvalue weighted by molar-refractivity contribution is -0.118. The van der Waals surface area contributed by atoms with E-state index in [1.807, 2.05) is 101 Å². The summed E-state index contributed by atoms with van der Waals surface area (Å²) in [5.41, 5.74) is 4.51. The lowest BCUT2D eigenvalue weighted by Crippen LogP contribution is -2.56. The fourth-order valence-corrected chi connectivity index (χ4v) is 6.04. The first-order valence-corrected chi connectivity index (χ1v) is 15.4. The number of carbonyl (C=O) groups is 2. The van der Waals surface area contributed by atoms with Crippen LogP contribution in [0, 0.1) is 0 Å². The minimum Gasteiger partial charge on any atom is -0.492 e. The molecule has 2 unspecified atom stereocenters. The van der Waals surface area contributed by atoms with Crippen molar-refractivity contribution in [2.75, 3.05) is 57.1 Å². The molecule has 44 heavy (non-hydrogen) atoms. The summed E-state index contributed by atoms with van der Waals surface area (Å²) < 4.78 is 5.86. The number of nitrogens with zero attached hydrogens (tertiary/aromatic N) is 3. The van der Waals surface area contributed by atoms with Crippen molar-refractivity contribution in [1.29, 1.82) is 0 Å². The molecule has 3 amide bonds. The second kappa shape index (κ2) is 14.1. The number of benzene rings is 3. The van der Waals surface area contributed by atoms with Crippen LogP contribution in [0.2, 0.25) is 5.02 Å². The van der Waals surface area contributed by atoms with Crippen LogP contribution in [0.4, 0.5) is 16.2 Å². The van der Waals surface area contributed by atoms with Crippen LogP contribution < -0.4 is 20.3 Å². The van der Waals surface area contributed by atoms with Gasteiger partial charge in [0.05, 0.1) is 23.0 Å².